The summed E-state index contributed by atoms with van der Waals surface area (Å²) in [7, 11) is 1.49. The van der Waals surface area contributed by atoms with Crippen molar-refractivity contribution in [3.63, 3.8) is 0 Å². The molecule has 146 valence electrons. The number of hydrogen-bond donors (Lipinski definition) is 1. The van der Waals surface area contributed by atoms with Crippen LogP contribution in [0.2, 0.25) is 0 Å². The highest BCUT2D eigenvalue weighted by atomic mass is 16.6. The van der Waals surface area contributed by atoms with E-state index in [-0.39, 0.29) is 43.7 Å². The second-order valence-electron chi connectivity index (χ2n) is 7.46. The minimum Gasteiger partial charge on any atom is -0.444 e. The van der Waals surface area contributed by atoms with Crippen molar-refractivity contribution in [1.29, 1.82) is 0 Å². The third-order valence-corrected chi connectivity index (χ3v) is 3.82. The molecule has 0 saturated carbocycles. The van der Waals surface area contributed by atoms with Gasteiger partial charge in [-0.05, 0) is 38.5 Å². The van der Waals surface area contributed by atoms with Crippen LogP contribution in [-0.4, -0.2) is 52.8 Å². The lowest BCUT2D eigenvalue weighted by molar-refractivity contribution is -0.139. The van der Waals surface area contributed by atoms with Gasteiger partial charge < -0.3 is 15.0 Å². The molecule has 8 nitrogen and oxygen atoms in total. The van der Waals surface area contributed by atoms with Crippen molar-refractivity contribution in [3.05, 3.63) is 29.8 Å². The zero-order valence-corrected chi connectivity index (χ0v) is 16.1. The van der Waals surface area contributed by atoms with Gasteiger partial charge in [0, 0.05) is 25.6 Å². The van der Waals surface area contributed by atoms with Gasteiger partial charge in [0.25, 0.3) is 0 Å². The second-order valence-corrected chi connectivity index (χ2v) is 7.46. The van der Waals surface area contributed by atoms with Crippen LogP contribution in [0.1, 0.15) is 39.2 Å². The first-order valence-corrected chi connectivity index (χ1v) is 8.71. The maximum absolute atomic E-state index is 12.1. The summed E-state index contributed by atoms with van der Waals surface area (Å²) >= 11 is 0. The van der Waals surface area contributed by atoms with E-state index in [2.05, 4.69) is 5.32 Å². The lowest BCUT2D eigenvalue weighted by atomic mass is 10.2. The molecule has 1 aliphatic heterocycles. The van der Waals surface area contributed by atoms with Crippen LogP contribution >= 0.6 is 0 Å². The van der Waals surface area contributed by atoms with Crippen molar-refractivity contribution >= 4 is 29.5 Å². The van der Waals surface area contributed by atoms with Gasteiger partial charge in [-0.1, -0.05) is 12.1 Å². The highest BCUT2D eigenvalue weighted by Gasteiger charge is 2.28. The summed E-state index contributed by atoms with van der Waals surface area (Å²) in [6, 6.07) is 6.86. The molecule has 2 rings (SSSR count). The fourth-order valence-electron chi connectivity index (χ4n) is 2.50. The minimum atomic E-state index is -0.629. The van der Waals surface area contributed by atoms with E-state index in [0.717, 1.165) is 5.56 Å². The Bertz CT molecular complexity index is 721. The van der Waals surface area contributed by atoms with Crippen LogP contribution in [0.4, 0.5) is 10.5 Å². The molecule has 0 bridgehead atoms. The van der Waals surface area contributed by atoms with Gasteiger partial charge in [-0.25, -0.2) is 4.79 Å². The molecule has 8 heteroatoms. The molecule has 1 aromatic carbocycles. The van der Waals surface area contributed by atoms with E-state index in [9.17, 15) is 19.2 Å². The van der Waals surface area contributed by atoms with Crippen molar-refractivity contribution in [1.82, 2.24) is 9.80 Å². The van der Waals surface area contributed by atoms with Crippen molar-refractivity contribution in [2.24, 2.45) is 0 Å². The molecule has 1 fully saturated rings. The maximum Gasteiger partial charge on any atom is 0.410 e. The van der Waals surface area contributed by atoms with E-state index in [1.807, 2.05) is 0 Å². The number of amides is 4. The average molecular weight is 375 g/mol. The SMILES string of the molecule is CN(CC(=O)Nc1ccc(CN2C(=O)CCC2=O)cc1)C(=O)OC(C)(C)C. The molecule has 0 spiro atoms. The van der Waals surface area contributed by atoms with Crippen molar-refractivity contribution in [2.75, 3.05) is 18.9 Å². The zero-order valence-electron chi connectivity index (χ0n) is 16.1. The number of nitrogens with zero attached hydrogens (tertiary/aromatic N) is 2. The van der Waals surface area contributed by atoms with Crippen molar-refractivity contribution in [2.45, 2.75) is 45.8 Å². The zero-order chi connectivity index (χ0) is 20.2. The molecule has 4 amide bonds. The summed E-state index contributed by atoms with van der Waals surface area (Å²) in [4.78, 5) is 49.7. The lowest BCUT2D eigenvalue weighted by Crippen LogP contribution is -2.38. The Labute approximate surface area is 158 Å². The normalized spacial score (nSPS) is 14.3. The van der Waals surface area contributed by atoms with Crippen LogP contribution in [0.15, 0.2) is 24.3 Å². The van der Waals surface area contributed by atoms with Crippen LogP contribution in [0.3, 0.4) is 0 Å². The highest BCUT2D eigenvalue weighted by molar-refractivity contribution is 6.01. The number of imide groups is 1. The van der Waals surface area contributed by atoms with Crippen LogP contribution in [0.25, 0.3) is 0 Å². The van der Waals surface area contributed by atoms with Gasteiger partial charge in [0.2, 0.25) is 17.7 Å². The largest absolute Gasteiger partial charge is 0.444 e. The minimum absolute atomic E-state index is 0.145. The van der Waals surface area contributed by atoms with Gasteiger partial charge >= 0.3 is 6.09 Å². The Balaban J connectivity index is 1.86. The molecular formula is C19H25N3O5. The van der Waals surface area contributed by atoms with E-state index < -0.39 is 11.7 Å². The van der Waals surface area contributed by atoms with Gasteiger partial charge in [-0.3, -0.25) is 19.3 Å². The van der Waals surface area contributed by atoms with E-state index in [1.165, 1.54) is 16.8 Å². The number of ether oxygens (including phenoxy) is 1. The topological polar surface area (TPSA) is 96.0 Å². The van der Waals surface area contributed by atoms with E-state index in [4.69, 9.17) is 4.74 Å². The first kappa shape index (κ1) is 20.4. The molecule has 0 aliphatic carbocycles. The number of nitrogens with one attached hydrogen (secondary N) is 1. The number of rotatable bonds is 5. The first-order valence-electron chi connectivity index (χ1n) is 8.71. The van der Waals surface area contributed by atoms with Crippen LogP contribution in [0, 0.1) is 0 Å². The van der Waals surface area contributed by atoms with Gasteiger partial charge in [-0.2, -0.15) is 0 Å². The third kappa shape index (κ3) is 6.09. The molecule has 27 heavy (non-hydrogen) atoms. The fraction of sp³-hybridized carbons (Fsp3) is 0.474. The Morgan fingerprint density at radius 3 is 2.19 bits per heavy atom. The number of benzene rings is 1. The number of hydrogen-bond acceptors (Lipinski definition) is 5. The molecule has 0 aromatic heterocycles. The van der Waals surface area contributed by atoms with Crippen LogP contribution in [0.5, 0.6) is 0 Å². The molecule has 0 unspecified atom stereocenters. The van der Waals surface area contributed by atoms with E-state index in [0.29, 0.717) is 5.69 Å². The Morgan fingerprint density at radius 2 is 1.67 bits per heavy atom. The molecule has 1 aliphatic rings. The summed E-state index contributed by atoms with van der Waals surface area (Å²) < 4.78 is 5.19. The molecular weight excluding hydrogens is 350 g/mol. The molecule has 1 saturated heterocycles. The number of anilines is 1. The summed E-state index contributed by atoms with van der Waals surface area (Å²) in [5, 5.41) is 2.69. The summed E-state index contributed by atoms with van der Waals surface area (Å²) in [6.07, 6.45) is -0.0519. The third-order valence-electron chi connectivity index (χ3n) is 3.82. The van der Waals surface area contributed by atoms with Crippen LogP contribution < -0.4 is 5.32 Å². The van der Waals surface area contributed by atoms with Gasteiger partial charge in [-0.15, -0.1) is 0 Å². The van der Waals surface area contributed by atoms with Gasteiger partial charge in [0.15, 0.2) is 0 Å². The number of likely N-dealkylation sites (N-methyl/N-ethyl adjacent to an activating group) is 1. The monoisotopic (exact) mass is 375 g/mol. The van der Waals surface area contributed by atoms with Gasteiger partial charge in [0.05, 0.1) is 6.54 Å². The number of likely N-dealkylation sites (tertiary alicyclic amines) is 1. The molecule has 1 heterocycles. The van der Waals surface area contributed by atoms with Crippen molar-refractivity contribution in [3.8, 4) is 0 Å². The summed E-state index contributed by atoms with van der Waals surface area (Å²) in [5.74, 6) is -0.689. The van der Waals surface area contributed by atoms with E-state index in [1.54, 1.807) is 45.0 Å². The summed E-state index contributed by atoms with van der Waals surface area (Å²) in [5.41, 5.74) is 0.721. The Morgan fingerprint density at radius 1 is 1.11 bits per heavy atom. The van der Waals surface area contributed by atoms with Gasteiger partial charge in [0.1, 0.15) is 12.1 Å². The molecule has 1 aromatic rings. The average Bonchev–Trinajstić information content (AvgIpc) is 2.87. The fourth-order valence-corrected chi connectivity index (χ4v) is 2.50. The molecule has 0 radical (unpaired) electrons. The number of carbonyl (C=O) groups is 4. The quantitative estimate of drug-likeness (QED) is 0.796. The van der Waals surface area contributed by atoms with Crippen LogP contribution in [-0.2, 0) is 25.7 Å². The highest BCUT2D eigenvalue weighted by Crippen LogP contribution is 2.17. The maximum atomic E-state index is 12.1. The standard InChI is InChI=1S/C19H25N3O5/c1-19(2,3)27-18(26)21(4)12-15(23)20-14-7-5-13(6-8-14)11-22-16(24)9-10-17(22)25/h5-8H,9-12H2,1-4H3,(H,20,23). The predicted molar refractivity (Wildman–Crippen MR) is 98.7 cm³/mol. The van der Waals surface area contributed by atoms with E-state index >= 15 is 0 Å². The molecule has 1 N–H and O–H groups in total. The smallest absolute Gasteiger partial charge is 0.410 e. The lowest BCUT2D eigenvalue weighted by Gasteiger charge is -2.24. The first-order chi connectivity index (χ1) is 12.5. The van der Waals surface area contributed by atoms with Crippen molar-refractivity contribution < 1.29 is 23.9 Å². The second kappa shape index (κ2) is 8.20. The Kier molecular flexibility index (Phi) is 6.20. The predicted octanol–water partition coefficient (Wildman–Crippen LogP) is 2.14. The molecule has 0 atom stereocenters. The summed E-state index contributed by atoms with van der Waals surface area (Å²) in [6.45, 7) is 5.34. The Hall–Kier alpha value is -2.90. The number of carbonyl (C=O) groups excluding carboxylic acids is 4.